The molecular weight excluding hydrogens is 250 g/mol. The topological polar surface area (TPSA) is 74.8 Å². The molecule has 18 heavy (non-hydrogen) atoms. The normalized spacial score (nSPS) is 10.3. The van der Waals surface area contributed by atoms with Crippen LogP contribution in [0.5, 0.6) is 0 Å². The fourth-order valence-electron chi connectivity index (χ4n) is 1.40. The van der Waals surface area contributed by atoms with Gasteiger partial charge in [0.1, 0.15) is 5.01 Å². The third kappa shape index (κ3) is 3.04. The van der Waals surface area contributed by atoms with Crippen LogP contribution in [-0.4, -0.2) is 15.9 Å². The summed E-state index contributed by atoms with van der Waals surface area (Å²) in [4.78, 5) is 30.5. The van der Waals surface area contributed by atoms with Crippen LogP contribution in [0.2, 0.25) is 0 Å². The molecular formula is C12H13N3O2S. The van der Waals surface area contributed by atoms with Gasteiger partial charge in [0.25, 0.3) is 5.91 Å². The highest BCUT2D eigenvalue weighted by Crippen LogP contribution is 2.12. The highest BCUT2D eigenvalue weighted by atomic mass is 32.1. The van der Waals surface area contributed by atoms with E-state index >= 15 is 0 Å². The quantitative estimate of drug-likeness (QED) is 0.873. The van der Waals surface area contributed by atoms with Crippen molar-refractivity contribution in [2.45, 2.75) is 19.9 Å². The van der Waals surface area contributed by atoms with Gasteiger partial charge >= 0.3 is 0 Å². The lowest BCUT2D eigenvalue weighted by atomic mass is 10.3. The van der Waals surface area contributed by atoms with E-state index in [4.69, 9.17) is 0 Å². The van der Waals surface area contributed by atoms with Crippen LogP contribution in [0.3, 0.4) is 0 Å². The molecule has 0 atom stereocenters. The fourth-order valence-corrected chi connectivity index (χ4v) is 2.21. The summed E-state index contributed by atoms with van der Waals surface area (Å²) in [5.41, 5.74) is 0.209. The van der Waals surface area contributed by atoms with Crippen LogP contribution in [0, 0.1) is 0 Å². The maximum atomic E-state index is 11.7. The van der Waals surface area contributed by atoms with Gasteiger partial charge in [0.2, 0.25) is 5.56 Å². The molecule has 0 bridgehead atoms. The summed E-state index contributed by atoms with van der Waals surface area (Å²) < 4.78 is 0. The van der Waals surface area contributed by atoms with E-state index in [2.05, 4.69) is 22.2 Å². The summed E-state index contributed by atoms with van der Waals surface area (Å²) in [5, 5.41) is 3.64. The van der Waals surface area contributed by atoms with Gasteiger partial charge in [-0.15, -0.1) is 11.3 Å². The van der Waals surface area contributed by atoms with Gasteiger partial charge in [-0.1, -0.05) is 6.92 Å². The zero-order chi connectivity index (χ0) is 13.0. The Balaban J connectivity index is 1.95. The minimum absolute atomic E-state index is 0.223. The number of aromatic amines is 1. The summed E-state index contributed by atoms with van der Waals surface area (Å²) in [6.45, 7) is 2.47. The highest BCUT2D eigenvalue weighted by Gasteiger charge is 2.06. The summed E-state index contributed by atoms with van der Waals surface area (Å²) in [7, 11) is 0. The second-order valence-corrected chi connectivity index (χ2v) is 4.90. The molecule has 5 nitrogen and oxygen atoms in total. The molecule has 2 heterocycles. The summed E-state index contributed by atoms with van der Waals surface area (Å²) in [5.74, 6) is -0.223. The largest absolute Gasteiger partial charge is 0.345 e. The van der Waals surface area contributed by atoms with Gasteiger partial charge in [0.05, 0.1) is 12.1 Å². The van der Waals surface area contributed by atoms with Crippen molar-refractivity contribution in [3.05, 3.63) is 50.3 Å². The first-order chi connectivity index (χ1) is 8.69. The van der Waals surface area contributed by atoms with Crippen LogP contribution in [-0.2, 0) is 13.0 Å². The maximum Gasteiger partial charge on any atom is 0.253 e. The molecule has 2 N–H and O–H groups in total. The minimum Gasteiger partial charge on any atom is -0.345 e. The van der Waals surface area contributed by atoms with Gasteiger partial charge in [-0.05, 0) is 12.5 Å². The number of aromatic nitrogens is 2. The molecule has 0 saturated carbocycles. The SMILES string of the molecule is CCc1cnc(CNC(=O)c2ccc(=O)[nH]c2)s1. The van der Waals surface area contributed by atoms with E-state index in [0.717, 1.165) is 11.4 Å². The van der Waals surface area contributed by atoms with Crippen LogP contribution < -0.4 is 10.9 Å². The minimum atomic E-state index is -0.223. The Morgan fingerprint density at radius 1 is 1.50 bits per heavy atom. The molecule has 2 aromatic heterocycles. The Morgan fingerprint density at radius 3 is 2.94 bits per heavy atom. The van der Waals surface area contributed by atoms with Crippen LogP contribution in [0.4, 0.5) is 0 Å². The van der Waals surface area contributed by atoms with E-state index in [9.17, 15) is 9.59 Å². The lowest BCUT2D eigenvalue weighted by Crippen LogP contribution is -2.23. The summed E-state index contributed by atoms with van der Waals surface area (Å²) in [6.07, 6.45) is 4.18. The van der Waals surface area contributed by atoms with Crippen molar-refractivity contribution in [1.82, 2.24) is 15.3 Å². The van der Waals surface area contributed by atoms with Crippen molar-refractivity contribution in [3.8, 4) is 0 Å². The predicted octanol–water partition coefficient (Wildman–Crippen LogP) is 1.32. The molecule has 2 aromatic rings. The van der Waals surface area contributed by atoms with Gasteiger partial charge in [-0.3, -0.25) is 9.59 Å². The number of aryl methyl sites for hydroxylation is 1. The molecule has 0 unspecified atom stereocenters. The number of hydrogen-bond donors (Lipinski definition) is 2. The Bertz CT molecular complexity index is 583. The molecule has 0 aliphatic rings. The smallest absolute Gasteiger partial charge is 0.253 e. The summed E-state index contributed by atoms with van der Waals surface area (Å²) in [6, 6.07) is 2.82. The Hall–Kier alpha value is -1.95. The number of hydrogen-bond acceptors (Lipinski definition) is 4. The van der Waals surface area contributed by atoms with E-state index in [1.807, 2.05) is 6.20 Å². The van der Waals surface area contributed by atoms with E-state index in [1.54, 1.807) is 11.3 Å². The average Bonchev–Trinajstić information content (AvgIpc) is 2.85. The fraction of sp³-hybridized carbons (Fsp3) is 0.250. The maximum absolute atomic E-state index is 11.7. The number of amides is 1. The number of carbonyl (C=O) groups is 1. The number of carbonyl (C=O) groups excluding carboxylic acids is 1. The molecule has 0 aliphatic heterocycles. The van der Waals surface area contributed by atoms with Crippen molar-refractivity contribution in [2.24, 2.45) is 0 Å². The van der Waals surface area contributed by atoms with Gasteiger partial charge in [-0.25, -0.2) is 4.98 Å². The van der Waals surface area contributed by atoms with Crippen molar-refractivity contribution in [1.29, 1.82) is 0 Å². The third-order valence-electron chi connectivity index (χ3n) is 2.40. The molecule has 6 heteroatoms. The van der Waals surface area contributed by atoms with Crippen LogP contribution in [0.15, 0.2) is 29.3 Å². The highest BCUT2D eigenvalue weighted by molar-refractivity contribution is 7.11. The number of thiazole rings is 1. The molecule has 0 aromatic carbocycles. The van der Waals surface area contributed by atoms with Crippen LogP contribution in [0.1, 0.15) is 27.2 Å². The first kappa shape index (κ1) is 12.5. The Labute approximate surface area is 108 Å². The van der Waals surface area contributed by atoms with E-state index in [0.29, 0.717) is 12.1 Å². The standard InChI is InChI=1S/C12H13N3O2S/c1-2-9-6-14-11(18-9)7-15-12(17)8-3-4-10(16)13-5-8/h3-6H,2,7H2,1H3,(H,13,16)(H,15,17). The lowest BCUT2D eigenvalue weighted by molar-refractivity contribution is 0.0950. The summed E-state index contributed by atoms with van der Waals surface area (Å²) >= 11 is 1.59. The van der Waals surface area contributed by atoms with Crippen LogP contribution in [0.25, 0.3) is 0 Å². The number of H-pyrrole nitrogens is 1. The van der Waals surface area contributed by atoms with Gasteiger partial charge in [0, 0.05) is 23.3 Å². The number of rotatable bonds is 4. The Morgan fingerprint density at radius 2 is 2.33 bits per heavy atom. The lowest BCUT2D eigenvalue weighted by Gasteiger charge is -2.02. The predicted molar refractivity (Wildman–Crippen MR) is 69.7 cm³/mol. The van der Waals surface area contributed by atoms with E-state index in [1.165, 1.54) is 23.2 Å². The number of nitrogens with one attached hydrogen (secondary N) is 2. The molecule has 0 spiro atoms. The second kappa shape index (κ2) is 5.59. The van der Waals surface area contributed by atoms with Crippen LogP contribution >= 0.6 is 11.3 Å². The van der Waals surface area contributed by atoms with E-state index in [-0.39, 0.29) is 11.5 Å². The Kier molecular flexibility index (Phi) is 3.88. The molecule has 0 aliphatic carbocycles. The molecule has 0 saturated heterocycles. The monoisotopic (exact) mass is 263 g/mol. The second-order valence-electron chi connectivity index (χ2n) is 3.70. The molecule has 94 valence electrons. The van der Waals surface area contributed by atoms with Crippen molar-refractivity contribution in [3.63, 3.8) is 0 Å². The zero-order valence-electron chi connectivity index (χ0n) is 9.90. The van der Waals surface area contributed by atoms with Gasteiger partial charge < -0.3 is 10.3 Å². The molecule has 0 radical (unpaired) electrons. The number of pyridine rings is 1. The molecule has 0 fully saturated rings. The van der Waals surface area contributed by atoms with Gasteiger partial charge in [-0.2, -0.15) is 0 Å². The molecule has 1 amide bonds. The average molecular weight is 263 g/mol. The first-order valence-electron chi connectivity index (χ1n) is 5.59. The molecule has 2 rings (SSSR count). The number of nitrogens with zero attached hydrogens (tertiary/aromatic N) is 1. The van der Waals surface area contributed by atoms with E-state index < -0.39 is 0 Å². The van der Waals surface area contributed by atoms with Crippen molar-refractivity contribution in [2.75, 3.05) is 0 Å². The van der Waals surface area contributed by atoms with Crippen molar-refractivity contribution < 1.29 is 4.79 Å². The zero-order valence-corrected chi connectivity index (χ0v) is 10.7. The van der Waals surface area contributed by atoms with Gasteiger partial charge in [0.15, 0.2) is 0 Å². The third-order valence-corrected chi connectivity index (χ3v) is 3.54. The van der Waals surface area contributed by atoms with Crippen molar-refractivity contribution >= 4 is 17.2 Å². The first-order valence-corrected chi connectivity index (χ1v) is 6.41.